The van der Waals surface area contributed by atoms with Crippen LogP contribution < -0.4 is 20.1 Å². The van der Waals surface area contributed by atoms with Crippen LogP contribution in [0.2, 0.25) is 0 Å². The van der Waals surface area contributed by atoms with Crippen LogP contribution in [0.5, 0.6) is 11.5 Å². The van der Waals surface area contributed by atoms with Gasteiger partial charge in [0.25, 0.3) is 0 Å². The van der Waals surface area contributed by atoms with Crippen molar-refractivity contribution in [3.05, 3.63) is 76.0 Å². The summed E-state index contributed by atoms with van der Waals surface area (Å²) in [4.78, 5) is 13.6. The van der Waals surface area contributed by atoms with Gasteiger partial charge >= 0.3 is 0 Å². The Morgan fingerprint density at radius 1 is 1.11 bits per heavy atom. The number of anilines is 1. The monoisotopic (exact) mass is 380 g/mol. The van der Waals surface area contributed by atoms with Crippen molar-refractivity contribution in [1.82, 2.24) is 5.32 Å². The molecule has 0 aliphatic carbocycles. The van der Waals surface area contributed by atoms with Crippen LogP contribution in [0.25, 0.3) is 0 Å². The van der Waals surface area contributed by atoms with E-state index >= 15 is 0 Å². The Kier molecular flexibility index (Phi) is 5.09. The highest BCUT2D eigenvalue weighted by atomic mass is 32.1. The second kappa shape index (κ2) is 7.82. The molecule has 1 atom stereocenters. The van der Waals surface area contributed by atoms with Gasteiger partial charge in [0.15, 0.2) is 11.5 Å². The highest BCUT2D eigenvalue weighted by Crippen LogP contribution is 2.34. The molecule has 0 unspecified atom stereocenters. The van der Waals surface area contributed by atoms with Gasteiger partial charge in [0.2, 0.25) is 12.7 Å². The highest BCUT2D eigenvalue weighted by molar-refractivity contribution is 7.10. The van der Waals surface area contributed by atoms with Gasteiger partial charge < -0.3 is 14.8 Å². The fraction of sp³-hybridized carbons (Fsp3) is 0.190. The number of benzene rings is 2. The van der Waals surface area contributed by atoms with Crippen LogP contribution in [0.3, 0.4) is 0 Å². The molecule has 0 saturated carbocycles. The summed E-state index contributed by atoms with van der Waals surface area (Å²) in [6.45, 7) is 2.48. The minimum absolute atomic E-state index is 0.0203. The fourth-order valence-corrected chi connectivity index (χ4v) is 3.80. The molecule has 0 spiro atoms. The van der Waals surface area contributed by atoms with Gasteiger partial charge in [0.05, 0.1) is 12.6 Å². The Morgan fingerprint density at radius 2 is 1.93 bits per heavy atom. The second-order valence-electron chi connectivity index (χ2n) is 6.36. The molecule has 1 amide bonds. The molecular weight excluding hydrogens is 360 g/mol. The maximum Gasteiger partial charge on any atom is 0.238 e. The number of aryl methyl sites for hydroxylation is 1. The van der Waals surface area contributed by atoms with Crippen LogP contribution >= 0.6 is 11.3 Å². The van der Waals surface area contributed by atoms with E-state index in [1.165, 1.54) is 10.4 Å². The van der Waals surface area contributed by atoms with Crippen molar-refractivity contribution in [3.63, 3.8) is 0 Å². The third-order valence-corrected chi connectivity index (χ3v) is 5.30. The van der Waals surface area contributed by atoms with Gasteiger partial charge in [-0.2, -0.15) is 0 Å². The second-order valence-corrected chi connectivity index (χ2v) is 7.34. The third-order valence-electron chi connectivity index (χ3n) is 4.36. The molecule has 3 aromatic rings. The molecule has 2 aromatic carbocycles. The molecule has 1 aliphatic rings. The fourth-order valence-electron chi connectivity index (χ4n) is 2.97. The number of fused-ring (bicyclic) bond motifs is 1. The number of hydrogen-bond donors (Lipinski definition) is 2. The van der Waals surface area contributed by atoms with E-state index in [2.05, 4.69) is 47.9 Å². The lowest BCUT2D eigenvalue weighted by Gasteiger charge is -2.18. The SMILES string of the molecule is Cc1ccc([C@@H](NCC(=O)Nc2ccc3c(c2)OCO3)c2cccs2)cc1. The molecule has 0 bridgehead atoms. The molecule has 2 heterocycles. The Balaban J connectivity index is 1.43. The summed E-state index contributed by atoms with van der Waals surface area (Å²) in [6.07, 6.45) is 0. The summed E-state index contributed by atoms with van der Waals surface area (Å²) in [6, 6.07) is 17.8. The first kappa shape index (κ1) is 17.6. The zero-order valence-electron chi connectivity index (χ0n) is 14.9. The zero-order valence-corrected chi connectivity index (χ0v) is 15.7. The molecule has 0 saturated heterocycles. The van der Waals surface area contributed by atoms with Crippen molar-refractivity contribution in [3.8, 4) is 11.5 Å². The summed E-state index contributed by atoms with van der Waals surface area (Å²) >= 11 is 1.67. The number of rotatable bonds is 6. The molecule has 0 radical (unpaired) electrons. The highest BCUT2D eigenvalue weighted by Gasteiger charge is 2.17. The predicted molar refractivity (Wildman–Crippen MR) is 107 cm³/mol. The van der Waals surface area contributed by atoms with E-state index in [1.807, 2.05) is 17.5 Å². The maximum atomic E-state index is 12.4. The van der Waals surface area contributed by atoms with E-state index in [1.54, 1.807) is 23.5 Å². The number of carbonyl (C=O) groups is 1. The van der Waals surface area contributed by atoms with Crippen LogP contribution in [0.15, 0.2) is 60.0 Å². The van der Waals surface area contributed by atoms with Gasteiger partial charge in [0, 0.05) is 16.6 Å². The maximum absolute atomic E-state index is 12.4. The number of hydrogen-bond acceptors (Lipinski definition) is 5. The Morgan fingerprint density at radius 3 is 2.70 bits per heavy atom. The van der Waals surface area contributed by atoms with E-state index in [0.29, 0.717) is 17.2 Å². The van der Waals surface area contributed by atoms with Gasteiger partial charge in [-0.15, -0.1) is 11.3 Å². The summed E-state index contributed by atoms with van der Waals surface area (Å²) in [5, 5.41) is 8.32. The lowest BCUT2D eigenvalue weighted by Crippen LogP contribution is -2.31. The molecule has 2 N–H and O–H groups in total. The van der Waals surface area contributed by atoms with Gasteiger partial charge in [-0.3, -0.25) is 10.1 Å². The predicted octanol–water partition coefficient (Wildman–Crippen LogP) is 4.10. The van der Waals surface area contributed by atoms with E-state index in [0.717, 1.165) is 5.56 Å². The largest absolute Gasteiger partial charge is 0.454 e. The van der Waals surface area contributed by atoms with Crippen LogP contribution in [-0.4, -0.2) is 19.2 Å². The van der Waals surface area contributed by atoms with Crippen LogP contribution in [0.1, 0.15) is 22.0 Å². The quantitative estimate of drug-likeness (QED) is 0.676. The Labute approximate surface area is 161 Å². The molecule has 5 nitrogen and oxygen atoms in total. The molecule has 4 rings (SSSR count). The lowest BCUT2D eigenvalue weighted by atomic mass is 10.0. The first-order valence-electron chi connectivity index (χ1n) is 8.72. The summed E-state index contributed by atoms with van der Waals surface area (Å²) in [5.74, 6) is 1.24. The number of thiophene rings is 1. The zero-order chi connectivity index (χ0) is 18.6. The van der Waals surface area contributed by atoms with Gasteiger partial charge in [-0.1, -0.05) is 35.9 Å². The Bertz CT molecular complexity index is 923. The third kappa shape index (κ3) is 4.13. The van der Waals surface area contributed by atoms with Crippen LogP contribution in [0, 0.1) is 6.92 Å². The molecule has 27 heavy (non-hydrogen) atoms. The topological polar surface area (TPSA) is 59.6 Å². The molecule has 1 aromatic heterocycles. The van der Waals surface area contributed by atoms with Gasteiger partial charge in [-0.05, 0) is 36.1 Å². The van der Waals surface area contributed by atoms with Crippen LogP contribution in [-0.2, 0) is 4.79 Å². The first-order chi connectivity index (χ1) is 13.2. The number of carbonyl (C=O) groups excluding carboxylic acids is 1. The standard InChI is InChI=1S/C21H20N2O3S/c1-14-4-6-15(7-5-14)21(19-3-2-10-27-19)22-12-20(24)23-16-8-9-17-18(11-16)26-13-25-17/h2-11,21-22H,12-13H2,1H3,(H,23,24)/t21-/m1/s1. The van der Waals surface area contributed by atoms with E-state index in [-0.39, 0.29) is 25.3 Å². The molecule has 1 aliphatic heterocycles. The van der Waals surface area contributed by atoms with Crippen molar-refractivity contribution >= 4 is 22.9 Å². The summed E-state index contributed by atoms with van der Waals surface area (Å²) in [7, 11) is 0. The van der Waals surface area contributed by atoms with Gasteiger partial charge in [0.1, 0.15) is 0 Å². The van der Waals surface area contributed by atoms with E-state index < -0.39 is 0 Å². The average molecular weight is 380 g/mol. The smallest absolute Gasteiger partial charge is 0.238 e. The summed E-state index contributed by atoms with van der Waals surface area (Å²) < 4.78 is 10.6. The van der Waals surface area contributed by atoms with Crippen molar-refractivity contribution in [2.24, 2.45) is 0 Å². The van der Waals surface area contributed by atoms with Crippen molar-refractivity contribution in [2.75, 3.05) is 18.7 Å². The molecule has 6 heteroatoms. The van der Waals surface area contributed by atoms with Crippen molar-refractivity contribution in [2.45, 2.75) is 13.0 Å². The van der Waals surface area contributed by atoms with Crippen molar-refractivity contribution in [1.29, 1.82) is 0 Å². The normalized spacial score (nSPS) is 13.4. The average Bonchev–Trinajstić information content (AvgIpc) is 3.35. The van der Waals surface area contributed by atoms with Crippen LogP contribution in [0.4, 0.5) is 5.69 Å². The number of ether oxygens (including phenoxy) is 2. The minimum atomic E-state index is -0.109. The first-order valence-corrected chi connectivity index (χ1v) is 9.60. The van der Waals surface area contributed by atoms with E-state index in [9.17, 15) is 4.79 Å². The molecule has 0 fully saturated rings. The van der Waals surface area contributed by atoms with E-state index in [4.69, 9.17) is 9.47 Å². The lowest BCUT2D eigenvalue weighted by molar-refractivity contribution is -0.115. The number of amides is 1. The molecule has 138 valence electrons. The Hall–Kier alpha value is -2.83. The number of nitrogens with one attached hydrogen (secondary N) is 2. The molecular formula is C21H20N2O3S. The summed E-state index contributed by atoms with van der Waals surface area (Å²) in [5.41, 5.74) is 3.04. The van der Waals surface area contributed by atoms with Gasteiger partial charge in [-0.25, -0.2) is 0 Å². The van der Waals surface area contributed by atoms with Crippen molar-refractivity contribution < 1.29 is 14.3 Å². The minimum Gasteiger partial charge on any atom is -0.454 e.